The van der Waals surface area contributed by atoms with Crippen molar-refractivity contribution in [3.05, 3.63) is 29.3 Å². The van der Waals surface area contributed by atoms with Crippen LogP contribution in [0.3, 0.4) is 0 Å². The van der Waals surface area contributed by atoms with Gasteiger partial charge in [0.05, 0.1) is 12.6 Å². The lowest BCUT2D eigenvalue weighted by Crippen LogP contribution is -2.45. The standard InChI is InChI=1S/C17H23N3O4/c1-4-24-16(22)9-18-17(23)19-13-8-15(21)20(10-13)14-6-5-11(2)12(3)7-14/h5-7,13H,4,8-10H2,1-3H3,(H2,18,19,23)/t13-/m1/s1. The molecule has 1 atom stereocenters. The van der Waals surface area contributed by atoms with Gasteiger partial charge in [-0.15, -0.1) is 0 Å². The van der Waals surface area contributed by atoms with Gasteiger partial charge in [0.1, 0.15) is 6.54 Å². The summed E-state index contributed by atoms with van der Waals surface area (Å²) in [5.74, 6) is -0.527. The average Bonchev–Trinajstić information content (AvgIpc) is 2.89. The molecular formula is C17H23N3O4. The lowest BCUT2D eigenvalue weighted by atomic mass is 10.1. The Morgan fingerprint density at radius 3 is 2.71 bits per heavy atom. The first kappa shape index (κ1) is 17.8. The molecule has 7 heteroatoms. The molecule has 0 saturated carbocycles. The number of aryl methyl sites for hydroxylation is 2. The Balaban J connectivity index is 1.88. The van der Waals surface area contributed by atoms with E-state index >= 15 is 0 Å². The van der Waals surface area contributed by atoms with E-state index in [9.17, 15) is 14.4 Å². The minimum atomic E-state index is -0.494. The third-order valence-corrected chi connectivity index (χ3v) is 3.96. The minimum Gasteiger partial charge on any atom is -0.465 e. The van der Waals surface area contributed by atoms with Crippen LogP contribution >= 0.6 is 0 Å². The molecular weight excluding hydrogens is 310 g/mol. The number of anilines is 1. The molecule has 1 aliphatic heterocycles. The summed E-state index contributed by atoms with van der Waals surface area (Å²) in [6.45, 7) is 6.20. The van der Waals surface area contributed by atoms with Crippen LogP contribution in [-0.4, -0.2) is 43.6 Å². The van der Waals surface area contributed by atoms with Gasteiger partial charge in [-0.3, -0.25) is 9.59 Å². The maximum absolute atomic E-state index is 12.2. The van der Waals surface area contributed by atoms with E-state index in [-0.39, 0.29) is 31.5 Å². The number of hydrogen-bond donors (Lipinski definition) is 2. The van der Waals surface area contributed by atoms with E-state index in [1.54, 1.807) is 11.8 Å². The lowest BCUT2D eigenvalue weighted by Gasteiger charge is -2.18. The largest absolute Gasteiger partial charge is 0.465 e. The van der Waals surface area contributed by atoms with E-state index in [2.05, 4.69) is 10.6 Å². The summed E-state index contributed by atoms with van der Waals surface area (Å²) in [5, 5.41) is 5.14. The molecule has 24 heavy (non-hydrogen) atoms. The van der Waals surface area contributed by atoms with Gasteiger partial charge in [0, 0.05) is 18.7 Å². The van der Waals surface area contributed by atoms with E-state index < -0.39 is 12.0 Å². The summed E-state index contributed by atoms with van der Waals surface area (Å²) in [7, 11) is 0. The van der Waals surface area contributed by atoms with Crippen molar-refractivity contribution in [1.82, 2.24) is 10.6 Å². The number of urea groups is 1. The predicted octanol–water partition coefficient (Wildman–Crippen LogP) is 1.27. The maximum atomic E-state index is 12.2. The number of carbonyl (C=O) groups excluding carboxylic acids is 3. The molecule has 0 unspecified atom stereocenters. The van der Waals surface area contributed by atoms with E-state index in [1.165, 1.54) is 5.56 Å². The molecule has 1 fully saturated rings. The molecule has 2 N–H and O–H groups in total. The Labute approximate surface area is 141 Å². The molecule has 1 heterocycles. The highest BCUT2D eigenvalue weighted by Gasteiger charge is 2.31. The first-order valence-corrected chi connectivity index (χ1v) is 7.98. The fraction of sp³-hybridized carbons (Fsp3) is 0.471. The summed E-state index contributed by atoms with van der Waals surface area (Å²) < 4.78 is 4.73. The number of benzene rings is 1. The molecule has 0 radical (unpaired) electrons. The fourth-order valence-corrected chi connectivity index (χ4v) is 2.55. The first-order valence-electron chi connectivity index (χ1n) is 7.98. The van der Waals surface area contributed by atoms with Gasteiger partial charge >= 0.3 is 12.0 Å². The normalized spacial score (nSPS) is 16.9. The van der Waals surface area contributed by atoms with Crippen LogP contribution in [0.1, 0.15) is 24.5 Å². The molecule has 0 bridgehead atoms. The Bertz CT molecular complexity index is 645. The van der Waals surface area contributed by atoms with Crippen LogP contribution in [0.15, 0.2) is 18.2 Å². The SMILES string of the molecule is CCOC(=O)CNC(=O)N[C@@H]1CC(=O)N(c2ccc(C)c(C)c2)C1. The summed E-state index contributed by atoms with van der Waals surface area (Å²) in [6, 6.07) is 5.08. The number of amides is 3. The lowest BCUT2D eigenvalue weighted by molar-refractivity contribution is -0.141. The van der Waals surface area contributed by atoms with Crippen molar-refractivity contribution in [2.45, 2.75) is 33.2 Å². The van der Waals surface area contributed by atoms with Crippen LogP contribution < -0.4 is 15.5 Å². The van der Waals surface area contributed by atoms with Crippen molar-refractivity contribution in [2.24, 2.45) is 0 Å². The number of rotatable bonds is 5. The second-order valence-electron chi connectivity index (χ2n) is 5.81. The predicted molar refractivity (Wildman–Crippen MR) is 89.8 cm³/mol. The van der Waals surface area contributed by atoms with Gasteiger partial charge in [0.2, 0.25) is 5.91 Å². The Hall–Kier alpha value is -2.57. The number of ether oxygens (including phenoxy) is 1. The zero-order valence-corrected chi connectivity index (χ0v) is 14.2. The van der Waals surface area contributed by atoms with Gasteiger partial charge in [0.15, 0.2) is 0 Å². The molecule has 1 saturated heterocycles. The van der Waals surface area contributed by atoms with Crippen LogP contribution in [0.5, 0.6) is 0 Å². The third-order valence-electron chi connectivity index (χ3n) is 3.96. The Morgan fingerprint density at radius 2 is 2.04 bits per heavy atom. The highest BCUT2D eigenvalue weighted by molar-refractivity contribution is 5.97. The van der Waals surface area contributed by atoms with Crippen molar-refractivity contribution >= 4 is 23.6 Å². The Kier molecular flexibility index (Phi) is 5.78. The fourth-order valence-electron chi connectivity index (χ4n) is 2.55. The smallest absolute Gasteiger partial charge is 0.325 e. The van der Waals surface area contributed by atoms with Gasteiger partial charge in [-0.1, -0.05) is 6.07 Å². The molecule has 0 aliphatic carbocycles. The van der Waals surface area contributed by atoms with Crippen molar-refractivity contribution in [3.8, 4) is 0 Å². The van der Waals surface area contributed by atoms with E-state index in [1.807, 2.05) is 32.0 Å². The van der Waals surface area contributed by atoms with Gasteiger partial charge in [-0.05, 0) is 44.0 Å². The second-order valence-corrected chi connectivity index (χ2v) is 5.81. The van der Waals surface area contributed by atoms with Crippen molar-refractivity contribution in [3.63, 3.8) is 0 Å². The summed E-state index contributed by atoms with van der Waals surface area (Å²) >= 11 is 0. The van der Waals surface area contributed by atoms with Crippen LogP contribution in [0.4, 0.5) is 10.5 Å². The van der Waals surface area contributed by atoms with Gasteiger partial charge in [-0.25, -0.2) is 4.79 Å². The molecule has 1 aromatic carbocycles. The highest BCUT2D eigenvalue weighted by atomic mass is 16.5. The minimum absolute atomic E-state index is 0.0334. The monoisotopic (exact) mass is 333 g/mol. The van der Waals surface area contributed by atoms with Crippen LogP contribution in [0.25, 0.3) is 0 Å². The summed E-state index contributed by atoms with van der Waals surface area (Å²) in [4.78, 5) is 36.9. The van der Waals surface area contributed by atoms with Crippen molar-refractivity contribution < 1.29 is 19.1 Å². The van der Waals surface area contributed by atoms with Crippen LogP contribution in [-0.2, 0) is 14.3 Å². The molecule has 130 valence electrons. The Morgan fingerprint density at radius 1 is 1.29 bits per heavy atom. The molecule has 7 nitrogen and oxygen atoms in total. The van der Waals surface area contributed by atoms with E-state index in [0.29, 0.717) is 6.54 Å². The second kappa shape index (κ2) is 7.81. The van der Waals surface area contributed by atoms with Gasteiger partial charge in [0.25, 0.3) is 0 Å². The molecule has 1 aromatic rings. The number of esters is 1. The highest BCUT2D eigenvalue weighted by Crippen LogP contribution is 2.23. The number of hydrogen-bond acceptors (Lipinski definition) is 4. The average molecular weight is 333 g/mol. The van der Waals surface area contributed by atoms with E-state index in [0.717, 1.165) is 11.3 Å². The summed E-state index contributed by atoms with van der Waals surface area (Å²) in [6.07, 6.45) is 0.236. The first-order chi connectivity index (χ1) is 11.4. The quantitative estimate of drug-likeness (QED) is 0.795. The van der Waals surface area contributed by atoms with Crippen molar-refractivity contribution in [2.75, 3.05) is 24.6 Å². The van der Waals surface area contributed by atoms with Crippen molar-refractivity contribution in [1.29, 1.82) is 0 Å². The zero-order chi connectivity index (χ0) is 17.7. The molecule has 1 aliphatic rings. The topological polar surface area (TPSA) is 87.7 Å². The van der Waals surface area contributed by atoms with E-state index in [4.69, 9.17) is 4.74 Å². The van der Waals surface area contributed by atoms with Gasteiger partial charge in [-0.2, -0.15) is 0 Å². The molecule has 2 rings (SSSR count). The van der Waals surface area contributed by atoms with Gasteiger partial charge < -0.3 is 20.3 Å². The number of carbonyl (C=O) groups is 3. The summed E-state index contributed by atoms with van der Waals surface area (Å²) in [5.41, 5.74) is 3.11. The zero-order valence-electron chi connectivity index (χ0n) is 14.2. The maximum Gasteiger partial charge on any atom is 0.325 e. The van der Waals surface area contributed by atoms with Crippen LogP contribution in [0, 0.1) is 13.8 Å². The number of nitrogens with one attached hydrogen (secondary N) is 2. The molecule has 3 amide bonds. The number of nitrogens with zero attached hydrogens (tertiary/aromatic N) is 1. The third kappa shape index (κ3) is 4.47. The van der Waals surface area contributed by atoms with Crippen LogP contribution in [0.2, 0.25) is 0 Å². The molecule has 0 aromatic heterocycles. The molecule has 0 spiro atoms.